The molecule has 0 N–H and O–H groups in total. The highest BCUT2D eigenvalue weighted by Crippen LogP contribution is 2.31. The minimum absolute atomic E-state index is 0.0800. The average Bonchev–Trinajstić information content (AvgIpc) is 3.51. The first-order valence-electron chi connectivity index (χ1n) is 10.5. The Bertz CT molecular complexity index is 1420. The highest BCUT2D eigenvalue weighted by Gasteiger charge is 2.23. The van der Waals surface area contributed by atoms with Crippen molar-refractivity contribution in [2.45, 2.75) is 13.5 Å². The Morgan fingerprint density at radius 2 is 1.61 bits per heavy atom. The molecule has 0 unspecified atom stereocenters. The summed E-state index contributed by atoms with van der Waals surface area (Å²) in [5.41, 5.74) is 3.61. The maximum Gasteiger partial charge on any atom is 0.260 e. The van der Waals surface area contributed by atoms with Crippen LogP contribution in [-0.2, 0) is 6.54 Å². The Hall–Kier alpha value is -4.03. The van der Waals surface area contributed by atoms with Crippen molar-refractivity contribution < 1.29 is 14.0 Å². The molecule has 5 rings (SSSR count). The lowest BCUT2D eigenvalue weighted by atomic mass is 10.0. The number of carbonyl (C=O) groups is 2. The summed E-state index contributed by atoms with van der Waals surface area (Å²) in [5.74, 6) is 0.374. The molecule has 162 valence electrons. The van der Waals surface area contributed by atoms with E-state index in [9.17, 15) is 9.59 Å². The fourth-order valence-corrected chi connectivity index (χ4v) is 4.66. The first kappa shape index (κ1) is 20.8. The molecule has 0 saturated heterocycles. The molecule has 2 aromatic heterocycles. The molecule has 0 atom stereocenters. The molecule has 3 aromatic carbocycles. The second-order valence-corrected chi connectivity index (χ2v) is 8.72. The molecule has 0 aliphatic heterocycles. The minimum atomic E-state index is -0.208. The molecule has 0 aliphatic rings. The van der Waals surface area contributed by atoms with Gasteiger partial charge in [-0.3, -0.25) is 14.5 Å². The number of carbonyl (C=O) groups excluding carboxylic acids is 2. The molecular weight excluding hydrogens is 432 g/mol. The maximum absolute atomic E-state index is 13.5. The van der Waals surface area contributed by atoms with Gasteiger partial charge in [-0.2, -0.15) is 0 Å². The molecule has 0 spiro atoms. The van der Waals surface area contributed by atoms with Gasteiger partial charge in [-0.05, 0) is 48.9 Å². The number of ketones is 1. The van der Waals surface area contributed by atoms with Gasteiger partial charge in [0, 0.05) is 16.7 Å². The van der Waals surface area contributed by atoms with Crippen molar-refractivity contribution >= 4 is 38.4 Å². The van der Waals surface area contributed by atoms with Crippen molar-refractivity contribution in [1.29, 1.82) is 0 Å². The van der Waals surface area contributed by atoms with Crippen molar-refractivity contribution in [1.82, 2.24) is 4.98 Å². The smallest absolute Gasteiger partial charge is 0.260 e. The predicted octanol–water partition coefficient (Wildman–Crippen LogP) is 6.28. The summed E-state index contributed by atoms with van der Waals surface area (Å²) in [7, 11) is 0. The number of hydrogen-bond donors (Lipinski definition) is 0. The van der Waals surface area contributed by atoms with Crippen LogP contribution in [0.5, 0.6) is 0 Å². The van der Waals surface area contributed by atoms with Gasteiger partial charge >= 0.3 is 0 Å². The molecule has 6 heteroatoms. The lowest BCUT2D eigenvalue weighted by molar-refractivity contribution is 0.0981. The summed E-state index contributed by atoms with van der Waals surface area (Å²) >= 11 is 1.47. The zero-order valence-electron chi connectivity index (χ0n) is 17.9. The number of thiazole rings is 1. The lowest BCUT2D eigenvalue weighted by Crippen LogP contribution is -2.30. The van der Waals surface area contributed by atoms with Gasteiger partial charge in [0.2, 0.25) is 0 Å². The molecule has 33 heavy (non-hydrogen) atoms. The predicted molar refractivity (Wildman–Crippen MR) is 130 cm³/mol. The fraction of sp³-hybridized carbons (Fsp3) is 0.0741. The van der Waals surface area contributed by atoms with Crippen LogP contribution >= 0.6 is 11.3 Å². The first-order valence-corrected chi connectivity index (χ1v) is 11.3. The van der Waals surface area contributed by atoms with Crippen molar-refractivity contribution in [3.63, 3.8) is 0 Å². The summed E-state index contributed by atoms with van der Waals surface area (Å²) in [6.07, 6.45) is 1.59. The quantitative estimate of drug-likeness (QED) is 0.285. The number of fused-ring (bicyclic) bond motifs is 1. The Labute approximate surface area is 194 Å². The maximum atomic E-state index is 13.5. The van der Waals surface area contributed by atoms with Gasteiger partial charge in [0.1, 0.15) is 5.76 Å². The number of benzene rings is 3. The normalized spacial score (nSPS) is 10.9. The van der Waals surface area contributed by atoms with E-state index in [1.165, 1.54) is 11.3 Å². The molecule has 5 nitrogen and oxygen atoms in total. The molecule has 0 bridgehead atoms. The van der Waals surface area contributed by atoms with Crippen LogP contribution in [0.25, 0.3) is 10.2 Å². The molecule has 0 radical (unpaired) electrons. The van der Waals surface area contributed by atoms with Crippen molar-refractivity contribution in [2.24, 2.45) is 0 Å². The van der Waals surface area contributed by atoms with Crippen LogP contribution in [0, 0.1) is 6.92 Å². The number of rotatable bonds is 6. The van der Waals surface area contributed by atoms with Crippen LogP contribution in [0.4, 0.5) is 5.13 Å². The van der Waals surface area contributed by atoms with Gasteiger partial charge in [-0.25, -0.2) is 4.98 Å². The zero-order valence-corrected chi connectivity index (χ0v) is 18.7. The zero-order chi connectivity index (χ0) is 22.8. The highest BCUT2D eigenvalue weighted by atomic mass is 32.1. The van der Waals surface area contributed by atoms with Crippen LogP contribution in [-0.4, -0.2) is 16.7 Å². The van der Waals surface area contributed by atoms with Crippen LogP contribution in [0.1, 0.15) is 37.6 Å². The van der Waals surface area contributed by atoms with E-state index in [4.69, 9.17) is 9.40 Å². The van der Waals surface area contributed by atoms with Crippen LogP contribution in [0.15, 0.2) is 95.6 Å². The summed E-state index contributed by atoms with van der Waals surface area (Å²) < 4.78 is 6.52. The Morgan fingerprint density at radius 1 is 0.879 bits per heavy atom. The van der Waals surface area contributed by atoms with E-state index in [-0.39, 0.29) is 18.2 Å². The summed E-state index contributed by atoms with van der Waals surface area (Å²) in [4.78, 5) is 32.6. The van der Waals surface area contributed by atoms with Gasteiger partial charge < -0.3 is 4.42 Å². The summed E-state index contributed by atoms with van der Waals surface area (Å²) in [6.45, 7) is 2.29. The Morgan fingerprint density at radius 3 is 2.33 bits per heavy atom. The second kappa shape index (κ2) is 8.84. The number of amides is 1. The summed E-state index contributed by atoms with van der Waals surface area (Å²) in [5, 5.41) is 0.599. The van der Waals surface area contributed by atoms with E-state index in [1.807, 2.05) is 43.3 Å². The molecule has 1 amide bonds. The van der Waals surface area contributed by atoms with E-state index >= 15 is 0 Å². The molecule has 0 aliphatic carbocycles. The molecular formula is C27H20N2O3S. The number of aromatic nitrogens is 1. The first-order chi connectivity index (χ1) is 16.1. The average molecular weight is 453 g/mol. The number of furan rings is 1. The number of aryl methyl sites for hydroxylation is 1. The fourth-order valence-electron chi connectivity index (χ4n) is 3.60. The highest BCUT2D eigenvalue weighted by molar-refractivity contribution is 7.22. The van der Waals surface area contributed by atoms with Gasteiger partial charge in [0.05, 0.1) is 23.0 Å². The Balaban J connectivity index is 1.47. The van der Waals surface area contributed by atoms with Crippen molar-refractivity contribution in [2.75, 3.05) is 4.90 Å². The lowest BCUT2D eigenvalue weighted by Gasteiger charge is -2.19. The second-order valence-electron chi connectivity index (χ2n) is 7.71. The molecule has 0 saturated carbocycles. The SMILES string of the molecule is Cc1ccc2nc(N(Cc3ccco3)C(=O)c3ccc(C(=O)c4ccccc4)cc3)sc2c1. The van der Waals surface area contributed by atoms with Crippen LogP contribution in [0.2, 0.25) is 0 Å². The third-order valence-electron chi connectivity index (χ3n) is 5.33. The molecule has 5 aromatic rings. The van der Waals surface area contributed by atoms with E-state index in [0.29, 0.717) is 27.6 Å². The van der Waals surface area contributed by atoms with Gasteiger partial charge in [-0.15, -0.1) is 0 Å². The molecule has 0 fully saturated rings. The number of anilines is 1. The van der Waals surface area contributed by atoms with Gasteiger partial charge in [0.15, 0.2) is 10.9 Å². The third kappa shape index (κ3) is 4.33. The van der Waals surface area contributed by atoms with E-state index in [0.717, 1.165) is 15.8 Å². The number of nitrogens with zero attached hydrogens (tertiary/aromatic N) is 2. The molecule has 2 heterocycles. The van der Waals surface area contributed by atoms with Crippen LogP contribution in [0.3, 0.4) is 0 Å². The topological polar surface area (TPSA) is 63.4 Å². The van der Waals surface area contributed by atoms with E-state index < -0.39 is 0 Å². The van der Waals surface area contributed by atoms with E-state index in [2.05, 4.69) is 6.07 Å². The van der Waals surface area contributed by atoms with Gasteiger partial charge in [-0.1, -0.05) is 59.9 Å². The van der Waals surface area contributed by atoms with E-state index in [1.54, 1.807) is 53.6 Å². The Kier molecular flexibility index (Phi) is 5.59. The standard InChI is InChI=1S/C27H20N2O3S/c1-18-9-14-23-24(16-18)33-27(28-23)29(17-22-8-5-15-32-22)26(31)21-12-10-20(11-13-21)25(30)19-6-3-2-4-7-19/h2-16H,17H2,1H3. The number of hydrogen-bond acceptors (Lipinski definition) is 5. The largest absolute Gasteiger partial charge is 0.467 e. The third-order valence-corrected chi connectivity index (χ3v) is 6.37. The minimum Gasteiger partial charge on any atom is -0.467 e. The van der Waals surface area contributed by atoms with Crippen molar-refractivity contribution in [3.05, 3.63) is 119 Å². The monoisotopic (exact) mass is 452 g/mol. The van der Waals surface area contributed by atoms with Crippen molar-refractivity contribution in [3.8, 4) is 0 Å². The van der Waals surface area contributed by atoms with Gasteiger partial charge in [0.25, 0.3) is 5.91 Å². The summed E-state index contributed by atoms with van der Waals surface area (Å²) in [6, 6.07) is 25.5. The van der Waals surface area contributed by atoms with Crippen LogP contribution < -0.4 is 4.90 Å².